The molecule has 0 spiro atoms. The number of aryl methyl sites for hydroxylation is 1. The summed E-state index contributed by atoms with van der Waals surface area (Å²) in [5.74, 6) is 0.420. The Balaban J connectivity index is 1.82. The molecule has 106 valence electrons. The van der Waals surface area contributed by atoms with Crippen molar-refractivity contribution in [3.8, 4) is 0 Å². The summed E-state index contributed by atoms with van der Waals surface area (Å²) >= 11 is 7.41. The molecule has 5 heteroatoms. The van der Waals surface area contributed by atoms with Gasteiger partial charge in [0.2, 0.25) is 5.91 Å². The predicted octanol–water partition coefficient (Wildman–Crippen LogP) is 2.95. The maximum atomic E-state index is 12.2. The number of piperidine rings is 1. The summed E-state index contributed by atoms with van der Waals surface area (Å²) in [6, 6.07) is 3.85. The topological polar surface area (TPSA) is 40.5 Å². The fraction of sp³-hybridized carbons (Fsp3) is 0.643. The van der Waals surface area contributed by atoms with E-state index in [1.165, 1.54) is 11.3 Å². The van der Waals surface area contributed by atoms with E-state index in [0.717, 1.165) is 35.0 Å². The maximum absolute atomic E-state index is 12.2. The average Bonchev–Trinajstić information content (AvgIpc) is 2.82. The van der Waals surface area contributed by atoms with Crippen LogP contribution in [-0.2, 0) is 11.2 Å². The molecule has 2 atom stereocenters. The van der Waals surface area contributed by atoms with Crippen molar-refractivity contribution < 1.29 is 9.90 Å². The van der Waals surface area contributed by atoms with Crippen molar-refractivity contribution in [1.29, 1.82) is 0 Å². The number of aliphatic hydroxyl groups excluding tert-OH is 1. The Morgan fingerprint density at radius 3 is 3.05 bits per heavy atom. The number of thiophene rings is 1. The van der Waals surface area contributed by atoms with E-state index in [1.54, 1.807) is 0 Å². The average molecular weight is 302 g/mol. The quantitative estimate of drug-likeness (QED) is 0.929. The first-order chi connectivity index (χ1) is 9.06. The largest absolute Gasteiger partial charge is 0.393 e. The summed E-state index contributed by atoms with van der Waals surface area (Å²) in [5, 5.41) is 9.64. The van der Waals surface area contributed by atoms with Gasteiger partial charge < -0.3 is 10.0 Å². The third-order valence-electron chi connectivity index (χ3n) is 3.71. The van der Waals surface area contributed by atoms with Gasteiger partial charge in [-0.1, -0.05) is 11.6 Å². The van der Waals surface area contributed by atoms with Gasteiger partial charge in [0.25, 0.3) is 0 Å². The zero-order valence-electron chi connectivity index (χ0n) is 11.1. The minimum absolute atomic E-state index is 0.190. The molecule has 2 unspecified atom stereocenters. The summed E-state index contributed by atoms with van der Waals surface area (Å²) in [5.41, 5.74) is 0. The van der Waals surface area contributed by atoms with E-state index >= 15 is 0 Å². The van der Waals surface area contributed by atoms with Crippen LogP contribution in [0.4, 0.5) is 0 Å². The second-order valence-electron chi connectivity index (χ2n) is 5.19. The van der Waals surface area contributed by atoms with E-state index in [4.69, 9.17) is 11.6 Å². The van der Waals surface area contributed by atoms with Crippen molar-refractivity contribution in [3.63, 3.8) is 0 Å². The van der Waals surface area contributed by atoms with E-state index in [-0.39, 0.29) is 17.9 Å². The minimum Gasteiger partial charge on any atom is -0.393 e. The molecule has 1 fully saturated rings. The van der Waals surface area contributed by atoms with E-state index in [2.05, 4.69) is 0 Å². The molecule has 0 bridgehead atoms. The molecule has 19 heavy (non-hydrogen) atoms. The zero-order valence-corrected chi connectivity index (χ0v) is 12.7. The van der Waals surface area contributed by atoms with Crippen LogP contribution in [0.2, 0.25) is 4.34 Å². The Morgan fingerprint density at radius 2 is 2.42 bits per heavy atom. The van der Waals surface area contributed by atoms with E-state index in [1.807, 2.05) is 24.0 Å². The zero-order chi connectivity index (χ0) is 13.8. The number of nitrogens with zero attached hydrogens (tertiary/aromatic N) is 1. The highest BCUT2D eigenvalue weighted by atomic mass is 35.5. The lowest BCUT2D eigenvalue weighted by Gasteiger charge is -2.34. The molecule has 1 aliphatic heterocycles. The molecule has 1 saturated heterocycles. The lowest BCUT2D eigenvalue weighted by molar-refractivity contribution is -0.133. The van der Waals surface area contributed by atoms with Crippen molar-refractivity contribution in [2.45, 2.75) is 38.7 Å². The predicted molar refractivity (Wildman–Crippen MR) is 78.6 cm³/mol. The molecule has 0 aromatic carbocycles. The number of hydrogen-bond donors (Lipinski definition) is 1. The molecular formula is C14H20ClNO2S. The van der Waals surface area contributed by atoms with Crippen molar-refractivity contribution in [2.75, 3.05) is 13.1 Å². The SMILES string of the molecule is CC(O)C1CCCN(C(=O)CCc2ccc(Cl)s2)C1. The Hall–Kier alpha value is -0.580. The molecule has 1 N–H and O–H groups in total. The monoisotopic (exact) mass is 301 g/mol. The molecule has 2 rings (SSSR count). The first kappa shape index (κ1) is 14.8. The number of amides is 1. The Labute approximate surface area is 123 Å². The Kier molecular flexibility index (Phi) is 5.25. The van der Waals surface area contributed by atoms with Crippen molar-refractivity contribution in [2.24, 2.45) is 5.92 Å². The highest BCUT2D eigenvalue weighted by Crippen LogP contribution is 2.24. The van der Waals surface area contributed by atoms with E-state index < -0.39 is 0 Å². The smallest absolute Gasteiger partial charge is 0.222 e. The van der Waals surface area contributed by atoms with Crippen LogP contribution in [0.1, 0.15) is 31.1 Å². The van der Waals surface area contributed by atoms with Crippen LogP contribution in [-0.4, -0.2) is 35.1 Å². The van der Waals surface area contributed by atoms with Crippen LogP contribution in [0.5, 0.6) is 0 Å². The van der Waals surface area contributed by atoms with Crippen LogP contribution in [0, 0.1) is 5.92 Å². The minimum atomic E-state index is -0.327. The second kappa shape index (κ2) is 6.73. The molecule has 3 nitrogen and oxygen atoms in total. The van der Waals surface area contributed by atoms with Crippen LogP contribution in [0.3, 0.4) is 0 Å². The van der Waals surface area contributed by atoms with Crippen LogP contribution in [0.15, 0.2) is 12.1 Å². The molecule has 1 aliphatic rings. The maximum Gasteiger partial charge on any atom is 0.222 e. The summed E-state index contributed by atoms with van der Waals surface area (Å²) in [6.07, 6.45) is 2.97. The van der Waals surface area contributed by atoms with Gasteiger partial charge in [-0.25, -0.2) is 0 Å². The van der Waals surface area contributed by atoms with Crippen molar-refractivity contribution in [3.05, 3.63) is 21.3 Å². The van der Waals surface area contributed by atoms with Gasteiger partial charge in [-0.15, -0.1) is 11.3 Å². The van der Waals surface area contributed by atoms with Gasteiger partial charge in [-0.2, -0.15) is 0 Å². The van der Waals surface area contributed by atoms with Gasteiger partial charge in [0.1, 0.15) is 0 Å². The summed E-state index contributed by atoms with van der Waals surface area (Å²) in [4.78, 5) is 15.2. The molecular weight excluding hydrogens is 282 g/mol. The molecule has 0 aliphatic carbocycles. The number of hydrogen-bond acceptors (Lipinski definition) is 3. The molecule has 1 aromatic rings. The van der Waals surface area contributed by atoms with Gasteiger partial charge in [0.05, 0.1) is 10.4 Å². The van der Waals surface area contributed by atoms with Crippen molar-refractivity contribution in [1.82, 2.24) is 4.90 Å². The van der Waals surface area contributed by atoms with Crippen LogP contribution in [0.25, 0.3) is 0 Å². The summed E-state index contributed by atoms with van der Waals surface area (Å²) in [6.45, 7) is 3.33. The highest BCUT2D eigenvalue weighted by molar-refractivity contribution is 7.16. The van der Waals surface area contributed by atoms with Gasteiger partial charge in [0.15, 0.2) is 0 Å². The van der Waals surface area contributed by atoms with Gasteiger partial charge >= 0.3 is 0 Å². The van der Waals surface area contributed by atoms with Gasteiger partial charge in [0, 0.05) is 30.3 Å². The Morgan fingerprint density at radius 1 is 1.63 bits per heavy atom. The second-order valence-corrected chi connectivity index (χ2v) is 6.99. The van der Waals surface area contributed by atoms with Gasteiger partial charge in [-0.05, 0) is 38.3 Å². The molecule has 2 heterocycles. The standard InChI is InChI=1S/C14H20ClNO2S/c1-10(17)11-3-2-8-16(9-11)14(18)7-5-12-4-6-13(15)19-12/h4,6,10-11,17H,2-3,5,7-9H2,1H3. The van der Waals surface area contributed by atoms with Crippen LogP contribution < -0.4 is 0 Å². The van der Waals surface area contributed by atoms with Crippen LogP contribution >= 0.6 is 22.9 Å². The summed E-state index contributed by atoms with van der Waals surface area (Å²) < 4.78 is 0.773. The molecule has 0 radical (unpaired) electrons. The van der Waals surface area contributed by atoms with E-state index in [0.29, 0.717) is 13.0 Å². The number of halogens is 1. The Bertz CT molecular complexity index is 433. The number of aliphatic hydroxyl groups is 1. The lowest BCUT2D eigenvalue weighted by atomic mass is 9.93. The van der Waals surface area contributed by atoms with Crippen molar-refractivity contribution >= 4 is 28.8 Å². The number of carbonyl (C=O) groups is 1. The first-order valence-electron chi connectivity index (χ1n) is 6.76. The lowest BCUT2D eigenvalue weighted by Crippen LogP contribution is -2.43. The van der Waals surface area contributed by atoms with Gasteiger partial charge in [-0.3, -0.25) is 4.79 Å². The fourth-order valence-corrected chi connectivity index (χ4v) is 3.59. The third kappa shape index (κ3) is 4.20. The highest BCUT2D eigenvalue weighted by Gasteiger charge is 2.26. The summed E-state index contributed by atoms with van der Waals surface area (Å²) in [7, 11) is 0. The number of carbonyl (C=O) groups excluding carboxylic acids is 1. The first-order valence-corrected chi connectivity index (χ1v) is 7.96. The number of rotatable bonds is 4. The normalized spacial score (nSPS) is 21.4. The van der Waals surface area contributed by atoms with E-state index in [9.17, 15) is 9.90 Å². The molecule has 0 saturated carbocycles. The number of likely N-dealkylation sites (tertiary alicyclic amines) is 1. The molecule has 1 aromatic heterocycles. The molecule has 1 amide bonds. The fourth-order valence-electron chi connectivity index (χ4n) is 2.50. The third-order valence-corrected chi connectivity index (χ3v) is 5.00.